The van der Waals surface area contributed by atoms with Gasteiger partial charge in [0.05, 0.1) is 12.7 Å². The minimum absolute atomic E-state index is 0.559. The Balaban J connectivity index is 2.28. The number of hydrogen-bond donors (Lipinski definition) is 0. The summed E-state index contributed by atoms with van der Waals surface area (Å²) in [6.45, 7) is 5.78. The van der Waals surface area contributed by atoms with Crippen molar-refractivity contribution in [2.24, 2.45) is 0 Å². The number of nitriles is 1. The zero-order valence-electron chi connectivity index (χ0n) is 7.62. The lowest BCUT2D eigenvalue weighted by molar-refractivity contribution is 0.149. The van der Waals surface area contributed by atoms with Crippen LogP contribution in [0.15, 0.2) is 0 Å². The number of hydrogen-bond acceptors (Lipinski definition) is 3. The molecule has 0 saturated carbocycles. The molecule has 1 aliphatic heterocycles. The molecular formula is C9H16N2O. The van der Waals surface area contributed by atoms with Gasteiger partial charge in [-0.15, -0.1) is 0 Å². The predicted octanol–water partition coefficient (Wildman–Crippen LogP) is 1.01. The van der Waals surface area contributed by atoms with E-state index >= 15 is 0 Å². The molecule has 0 aromatic carbocycles. The van der Waals surface area contributed by atoms with Crippen molar-refractivity contribution >= 4 is 0 Å². The highest BCUT2D eigenvalue weighted by atomic mass is 16.5. The van der Waals surface area contributed by atoms with Gasteiger partial charge in [0.1, 0.15) is 0 Å². The Morgan fingerprint density at radius 3 is 3.00 bits per heavy atom. The van der Waals surface area contributed by atoms with Crippen LogP contribution < -0.4 is 0 Å². The van der Waals surface area contributed by atoms with E-state index < -0.39 is 0 Å². The average Bonchev–Trinajstić information content (AvgIpc) is 2.59. The van der Waals surface area contributed by atoms with Gasteiger partial charge in [0.25, 0.3) is 0 Å². The molecule has 1 atom stereocenters. The van der Waals surface area contributed by atoms with Crippen molar-refractivity contribution in [1.29, 1.82) is 5.26 Å². The Labute approximate surface area is 73.9 Å². The van der Waals surface area contributed by atoms with Gasteiger partial charge in [-0.25, -0.2) is 0 Å². The van der Waals surface area contributed by atoms with Gasteiger partial charge in [0.15, 0.2) is 0 Å². The molecule has 1 aliphatic rings. The van der Waals surface area contributed by atoms with Gasteiger partial charge in [-0.2, -0.15) is 5.26 Å². The quantitative estimate of drug-likeness (QED) is 0.628. The summed E-state index contributed by atoms with van der Waals surface area (Å²) in [6.07, 6.45) is 1.75. The zero-order chi connectivity index (χ0) is 8.81. The Kier molecular flexibility index (Phi) is 4.06. The normalized spacial score (nSPS) is 22.9. The molecule has 0 aliphatic carbocycles. The summed E-state index contributed by atoms with van der Waals surface area (Å²) in [5.41, 5.74) is 0. The maximum absolute atomic E-state index is 8.45. The van der Waals surface area contributed by atoms with Crippen LogP contribution in [-0.2, 0) is 4.74 Å². The molecule has 1 heterocycles. The van der Waals surface area contributed by atoms with E-state index in [4.69, 9.17) is 10.00 Å². The first kappa shape index (κ1) is 9.50. The van der Waals surface area contributed by atoms with Crippen LogP contribution in [-0.4, -0.2) is 37.2 Å². The van der Waals surface area contributed by atoms with E-state index in [9.17, 15) is 0 Å². The largest absolute Gasteiger partial charge is 0.380 e. The van der Waals surface area contributed by atoms with Crippen LogP contribution in [0.4, 0.5) is 0 Å². The van der Waals surface area contributed by atoms with Crippen LogP contribution in [0.5, 0.6) is 0 Å². The van der Waals surface area contributed by atoms with E-state index in [0.717, 1.165) is 32.7 Å². The summed E-state index contributed by atoms with van der Waals surface area (Å²) in [7, 11) is 0. The van der Waals surface area contributed by atoms with Crippen LogP contribution in [0.1, 0.15) is 19.8 Å². The molecule has 12 heavy (non-hydrogen) atoms. The molecule has 0 spiro atoms. The first-order chi connectivity index (χ1) is 5.88. The fourth-order valence-corrected chi connectivity index (χ4v) is 1.60. The average molecular weight is 168 g/mol. The Morgan fingerprint density at radius 1 is 1.67 bits per heavy atom. The zero-order valence-corrected chi connectivity index (χ0v) is 7.62. The van der Waals surface area contributed by atoms with Crippen molar-refractivity contribution in [3.05, 3.63) is 0 Å². The number of nitrogens with zero attached hydrogens (tertiary/aromatic N) is 2. The minimum Gasteiger partial charge on any atom is -0.380 e. The number of rotatable bonds is 4. The molecule has 0 aromatic rings. The molecule has 1 unspecified atom stereocenters. The number of likely N-dealkylation sites (N-methyl/N-ethyl adjacent to an activating group) is 1. The molecule has 0 aromatic heterocycles. The third-order valence-corrected chi connectivity index (χ3v) is 2.34. The smallest absolute Gasteiger partial charge is 0.0635 e. The van der Waals surface area contributed by atoms with Gasteiger partial charge < -0.3 is 4.74 Å². The predicted molar refractivity (Wildman–Crippen MR) is 46.7 cm³/mol. The van der Waals surface area contributed by atoms with Gasteiger partial charge in [-0.05, 0) is 13.0 Å². The summed E-state index contributed by atoms with van der Waals surface area (Å²) >= 11 is 0. The van der Waals surface area contributed by atoms with Gasteiger partial charge in [0.2, 0.25) is 0 Å². The molecule has 0 amide bonds. The summed E-state index contributed by atoms with van der Waals surface area (Å²) < 4.78 is 5.30. The van der Waals surface area contributed by atoms with Crippen molar-refractivity contribution in [2.75, 3.05) is 26.3 Å². The lowest BCUT2D eigenvalue weighted by Crippen LogP contribution is -2.36. The van der Waals surface area contributed by atoms with Crippen LogP contribution >= 0.6 is 0 Å². The van der Waals surface area contributed by atoms with Crippen LogP contribution in [0, 0.1) is 11.3 Å². The standard InChI is InChI=1S/C9H16N2O/c1-2-11(6-3-5-10)9-4-7-12-8-9/h9H,2-4,6-8H2,1H3. The summed E-state index contributed by atoms with van der Waals surface area (Å²) in [4.78, 5) is 2.33. The summed E-state index contributed by atoms with van der Waals surface area (Å²) in [6, 6.07) is 2.73. The molecule has 3 nitrogen and oxygen atoms in total. The van der Waals surface area contributed by atoms with Crippen LogP contribution in [0.2, 0.25) is 0 Å². The highest BCUT2D eigenvalue weighted by molar-refractivity contribution is 4.78. The Hall–Kier alpha value is -0.590. The van der Waals surface area contributed by atoms with Crippen molar-refractivity contribution in [3.63, 3.8) is 0 Å². The van der Waals surface area contributed by atoms with Gasteiger partial charge in [-0.3, -0.25) is 4.90 Å². The van der Waals surface area contributed by atoms with E-state index in [1.165, 1.54) is 0 Å². The maximum Gasteiger partial charge on any atom is 0.0635 e. The second-order valence-electron chi connectivity index (χ2n) is 3.05. The lowest BCUT2D eigenvalue weighted by atomic mass is 10.2. The molecule has 68 valence electrons. The minimum atomic E-state index is 0.559. The van der Waals surface area contributed by atoms with Crippen molar-refractivity contribution in [2.45, 2.75) is 25.8 Å². The maximum atomic E-state index is 8.45. The molecule has 0 radical (unpaired) electrons. The van der Waals surface area contributed by atoms with E-state index in [-0.39, 0.29) is 0 Å². The number of ether oxygens (including phenoxy) is 1. The van der Waals surface area contributed by atoms with Crippen LogP contribution in [0.3, 0.4) is 0 Å². The summed E-state index contributed by atoms with van der Waals surface area (Å²) in [5.74, 6) is 0. The third-order valence-electron chi connectivity index (χ3n) is 2.34. The molecule has 0 bridgehead atoms. The lowest BCUT2D eigenvalue weighted by Gasteiger charge is -2.24. The van der Waals surface area contributed by atoms with E-state index in [2.05, 4.69) is 17.9 Å². The Morgan fingerprint density at radius 2 is 2.50 bits per heavy atom. The molecule has 0 N–H and O–H groups in total. The van der Waals surface area contributed by atoms with Crippen molar-refractivity contribution in [1.82, 2.24) is 4.90 Å². The van der Waals surface area contributed by atoms with Crippen molar-refractivity contribution < 1.29 is 4.74 Å². The Bertz CT molecular complexity index is 158. The van der Waals surface area contributed by atoms with E-state index in [1.54, 1.807) is 0 Å². The molecule has 3 heteroatoms. The monoisotopic (exact) mass is 168 g/mol. The third kappa shape index (κ3) is 2.47. The summed E-state index contributed by atoms with van der Waals surface area (Å²) in [5, 5.41) is 8.45. The SMILES string of the molecule is CCN(CCC#N)C1CCOC1. The van der Waals surface area contributed by atoms with E-state index in [0.29, 0.717) is 12.5 Å². The highest BCUT2D eigenvalue weighted by Gasteiger charge is 2.21. The second-order valence-corrected chi connectivity index (χ2v) is 3.05. The van der Waals surface area contributed by atoms with Gasteiger partial charge in [0, 0.05) is 25.6 Å². The van der Waals surface area contributed by atoms with Crippen molar-refractivity contribution in [3.8, 4) is 6.07 Å². The van der Waals surface area contributed by atoms with E-state index in [1.807, 2.05) is 0 Å². The molecule has 1 saturated heterocycles. The molecular weight excluding hydrogens is 152 g/mol. The first-order valence-corrected chi connectivity index (χ1v) is 4.57. The fraction of sp³-hybridized carbons (Fsp3) is 0.889. The van der Waals surface area contributed by atoms with Gasteiger partial charge in [-0.1, -0.05) is 6.92 Å². The van der Waals surface area contributed by atoms with Gasteiger partial charge >= 0.3 is 0 Å². The molecule has 1 rings (SSSR count). The van der Waals surface area contributed by atoms with Crippen LogP contribution in [0.25, 0.3) is 0 Å². The first-order valence-electron chi connectivity index (χ1n) is 4.57. The fourth-order valence-electron chi connectivity index (χ4n) is 1.60. The molecule has 1 fully saturated rings. The second kappa shape index (κ2) is 5.13. The highest BCUT2D eigenvalue weighted by Crippen LogP contribution is 2.11. The topological polar surface area (TPSA) is 36.3 Å².